The van der Waals surface area contributed by atoms with Crippen molar-refractivity contribution in [3.8, 4) is 11.4 Å². The lowest BCUT2D eigenvalue weighted by molar-refractivity contribution is 0.0749. The number of para-hydroxylation sites is 1. The van der Waals surface area contributed by atoms with Crippen molar-refractivity contribution in [2.24, 2.45) is 0 Å². The molecule has 4 heterocycles. The molecule has 0 N–H and O–H groups in total. The summed E-state index contributed by atoms with van der Waals surface area (Å²) in [4.78, 5) is 17.8. The fraction of sp³-hybridized carbons (Fsp3) is 0.280. The Bertz CT molecular complexity index is 1210. The number of hydrogen-bond donors (Lipinski definition) is 0. The summed E-state index contributed by atoms with van der Waals surface area (Å²) in [6, 6.07) is 20.3. The van der Waals surface area contributed by atoms with Crippen LogP contribution < -0.4 is 4.90 Å². The summed E-state index contributed by atoms with van der Waals surface area (Å²) in [7, 11) is 1.68. The van der Waals surface area contributed by atoms with Crippen LogP contribution in [0.1, 0.15) is 10.4 Å². The number of anilines is 1. The average molecular weight is 430 g/mol. The molecule has 0 radical (unpaired) electrons. The molecule has 0 atom stereocenters. The van der Waals surface area contributed by atoms with E-state index in [0.29, 0.717) is 26.2 Å². The van der Waals surface area contributed by atoms with E-state index in [4.69, 9.17) is 4.74 Å². The number of piperazine rings is 1. The Kier molecular flexibility index (Phi) is 5.64. The van der Waals surface area contributed by atoms with Crippen LogP contribution in [-0.4, -0.2) is 64.9 Å². The monoisotopic (exact) mass is 429 g/mol. The molecule has 0 spiro atoms. The van der Waals surface area contributed by atoms with Gasteiger partial charge in [-0.25, -0.2) is 0 Å². The van der Waals surface area contributed by atoms with Gasteiger partial charge in [0, 0.05) is 51.4 Å². The van der Waals surface area contributed by atoms with Crippen LogP contribution in [0.25, 0.3) is 16.9 Å². The summed E-state index contributed by atoms with van der Waals surface area (Å²) in [5, 5.41) is 4.68. The smallest absolute Gasteiger partial charge is 0.256 e. The number of methoxy groups -OCH3 is 1. The summed E-state index contributed by atoms with van der Waals surface area (Å²) in [5.41, 5.74) is 4.60. The Morgan fingerprint density at radius 3 is 2.53 bits per heavy atom. The maximum absolute atomic E-state index is 13.5. The Morgan fingerprint density at radius 2 is 1.75 bits per heavy atom. The van der Waals surface area contributed by atoms with E-state index in [0.717, 1.165) is 35.6 Å². The normalized spacial score (nSPS) is 14.3. The van der Waals surface area contributed by atoms with Gasteiger partial charge in [0.1, 0.15) is 5.69 Å². The molecule has 7 heteroatoms. The highest BCUT2D eigenvalue weighted by Crippen LogP contribution is 2.27. The number of ether oxygens (including phenoxy) is 1. The second-order valence-corrected chi connectivity index (χ2v) is 7.97. The SMILES string of the molecule is COCCn1ccc(-c2cc(C(=O)N3CCN(c4ccccc4)CC3)c3ccccn23)n1. The molecule has 1 aliphatic rings. The summed E-state index contributed by atoms with van der Waals surface area (Å²) in [5.74, 6) is 0.0754. The first-order valence-electron chi connectivity index (χ1n) is 11.0. The second-order valence-electron chi connectivity index (χ2n) is 7.97. The Labute approximate surface area is 187 Å². The highest BCUT2D eigenvalue weighted by atomic mass is 16.5. The van der Waals surface area contributed by atoms with Crippen molar-refractivity contribution < 1.29 is 9.53 Å². The van der Waals surface area contributed by atoms with E-state index < -0.39 is 0 Å². The maximum atomic E-state index is 13.5. The minimum Gasteiger partial charge on any atom is -0.383 e. The standard InChI is InChI=1S/C25H27N5O2/c1-32-18-17-29-12-10-22(26-29)24-19-21(23-9-5-6-11-30(23)24)25(31)28-15-13-27(14-16-28)20-7-3-2-4-8-20/h2-12,19H,13-18H2,1H3. The molecule has 1 amide bonds. The van der Waals surface area contributed by atoms with E-state index in [1.54, 1.807) is 7.11 Å². The summed E-state index contributed by atoms with van der Waals surface area (Å²) in [6.45, 7) is 4.38. The minimum absolute atomic E-state index is 0.0754. The van der Waals surface area contributed by atoms with E-state index >= 15 is 0 Å². The Hall–Kier alpha value is -3.58. The lowest BCUT2D eigenvalue weighted by Crippen LogP contribution is -2.48. The number of rotatable bonds is 6. The fourth-order valence-electron chi connectivity index (χ4n) is 4.31. The third-order valence-corrected chi connectivity index (χ3v) is 6.02. The zero-order valence-electron chi connectivity index (χ0n) is 18.2. The third kappa shape index (κ3) is 3.87. The van der Waals surface area contributed by atoms with Gasteiger partial charge in [0.15, 0.2) is 0 Å². The predicted octanol–water partition coefficient (Wildman–Crippen LogP) is 3.41. The van der Waals surface area contributed by atoms with Crippen molar-refractivity contribution in [3.05, 3.63) is 78.6 Å². The van der Waals surface area contributed by atoms with Crippen LogP contribution in [0.15, 0.2) is 73.1 Å². The number of pyridine rings is 1. The van der Waals surface area contributed by atoms with Gasteiger partial charge in [0.05, 0.1) is 29.9 Å². The number of benzene rings is 1. The molecule has 1 aliphatic heterocycles. The van der Waals surface area contributed by atoms with Gasteiger partial charge < -0.3 is 18.9 Å². The molecule has 0 aliphatic carbocycles. The molecule has 4 aromatic rings. The number of carbonyl (C=O) groups excluding carboxylic acids is 1. The van der Waals surface area contributed by atoms with Crippen molar-refractivity contribution in [2.45, 2.75) is 6.54 Å². The number of carbonyl (C=O) groups is 1. The molecule has 1 aromatic carbocycles. The first kappa shape index (κ1) is 20.3. The van der Waals surface area contributed by atoms with Gasteiger partial charge in [-0.05, 0) is 36.4 Å². The first-order chi connectivity index (χ1) is 15.7. The van der Waals surface area contributed by atoms with Crippen LogP contribution in [0.4, 0.5) is 5.69 Å². The fourth-order valence-corrected chi connectivity index (χ4v) is 4.31. The van der Waals surface area contributed by atoms with Gasteiger partial charge in [-0.3, -0.25) is 9.48 Å². The zero-order valence-corrected chi connectivity index (χ0v) is 18.2. The average Bonchev–Trinajstić information content (AvgIpc) is 3.48. The molecule has 1 saturated heterocycles. The molecular formula is C25H27N5O2. The number of nitrogens with zero attached hydrogens (tertiary/aromatic N) is 5. The maximum Gasteiger partial charge on any atom is 0.256 e. The van der Waals surface area contributed by atoms with Crippen LogP contribution >= 0.6 is 0 Å². The van der Waals surface area contributed by atoms with Crippen LogP contribution in [0, 0.1) is 0 Å². The van der Waals surface area contributed by atoms with Crippen LogP contribution in [-0.2, 0) is 11.3 Å². The lowest BCUT2D eigenvalue weighted by Gasteiger charge is -2.36. The highest BCUT2D eigenvalue weighted by molar-refractivity contribution is 6.02. The van der Waals surface area contributed by atoms with E-state index in [2.05, 4.69) is 38.7 Å². The molecule has 3 aromatic heterocycles. The quantitative estimate of drug-likeness (QED) is 0.471. The molecular weight excluding hydrogens is 402 g/mol. The van der Waals surface area contributed by atoms with E-state index in [1.165, 1.54) is 5.69 Å². The minimum atomic E-state index is 0.0754. The third-order valence-electron chi connectivity index (χ3n) is 6.02. The molecule has 32 heavy (non-hydrogen) atoms. The predicted molar refractivity (Wildman–Crippen MR) is 125 cm³/mol. The summed E-state index contributed by atoms with van der Waals surface area (Å²) < 4.78 is 9.07. The number of aromatic nitrogens is 3. The van der Waals surface area contributed by atoms with Crippen molar-refractivity contribution in [3.63, 3.8) is 0 Å². The molecule has 0 bridgehead atoms. The number of amides is 1. The Morgan fingerprint density at radius 1 is 0.969 bits per heavy atom. The van der Waals surface area contributed by atoms with Crippen molar-refractivity contribution >= 4 is 17.1 Å². The summed E-state index contributed by atoms with van der Waals surface area (Å²) in [6.07, 6.45) is 3.93. The van der Waals surface area contributed by atoms with Gasteiger partial charge >= 0.3 is 0 Å². The van der Waals surface area contributed by atoms with Crippen molar-refractivity contribution in [2.75, 3.05) is 44.8 Å². The highest BCUT2D eigenvalue weighted by Gasteiger charge is 2.25. The van der Waals surface area contributed by atoms with Gasteiger partial charge in [-0.1, -0.05) is 24.3 Å². The van der Waals surface area contributed by atoms with E-state index in [-0.39, 0.29) is 5.91 Å². The van der Waals surface area contributed by atoms with Crippen LogP contribution in [0.3, 0.4) is 0 Å². The lowest BCUT2D eigenvalue weighted by atomic mass is 10.2. The van der Waals surface area contributed by atoms with Gasteiger partial charge in [0.25, 0.3) is 5.91 Å². The van der Waals surface area contributed by atoms with E-state index in [9.17, 15) is 4.79 Å². The number of fused-ring (bicyclic) bond motifs is 1. The molecule has 164 valence electrons. The van der Waals surface area contributed by atoms with Gasteiger partial charge in [0.2, 0.25) is 0 Å². The van der Waals surface area contributed by atoms with Crippen molar-refractivity contribution in [1.82, 2.24) is 19.1 Å². The molecule has 0 unspecified atom stereocenters. The summed E-state index contributed by atoms with van der Waals surface area (Å²) >= 11 is 0. The molecule has 5 rings (SSSR count). The van der Waals surface area contributed by atoms with E-state index in [1.807, 2.05) is 58.4 Å². The topological polar surface area (TPSA) is 55.0 Å². The molecule has 1 fully saturated rings. The molecule has 7 nitrogen and oxygen atoms in total. The van der Waals surface area contributed by atoms with Gasteiger partial charge in [-0.15, -0.1) is 0 Å². The Balaban J connectivity index is 1.39. The van der Waals surface area contributed by atoms with Crippen molar-refractivity contribution in [1.29, 1.82) is 0 Å². The largest absolute Gasteiger partial charge is 0.383 e. The zero-order chi connectivity index (χ0) is 21.9. The van der Waals surface area contributed by atoms with Crippen LogP contribution in [0.5, 0.6) is 0 Å². The number of hydrogen-bond acceptors (Lipinski definition) is 4. The van der Waals surface area contributed by atoms with Crippen LogP contribution in [0.2, 0.25) is 0 Å². The molecule has 0 saturated carbocycles. The van der Waals surface area contributed by atoms with Gasteiger partial charge in [-0.2, -0.15) is 5.10 Å². The first-order valence-corrected chi connectivity index (χ1v) is 11.0. The second kappa shape index (κ2) is 8.88.